The van der Waals surface area contributed by atoms with E-state index < -0.39 is 12.1 Å². The van der Waals surface area contributed by atoms with Crippen molar-refractivity contribution in [3.63, 3.8) is 0 Å². The van der Waals surface area contributed by atoms with E-state index in [-0.39, 0.29) is 5.92 Å². The maximum Gasteiger partial charge on any atom is 0.330 e. The second-order valence-electron chi connectivity index (χ2n) is 3.39. The molecule has 16 heavy (non-hydrogen) atoms. The molecule has 0 saturated carbocycles. The molecule has 0 radical (unpaired) electrons. The van der Waals surface area contributed by atoms with E-state index in [9.17, 15) is 9.90 Å². The fourth-order valence-electron chi connectivity index (χ4n) is 1.35. The van der Waals surface area contributed by atoms with Gasteiger partial charge in [-0.3, -0.25) is 0 Å². The Hall–Kier alpha value is -1.55. The Labute approximate surface area is 94.5 Å². The number of hydrogen-bond acceptors (Lipinski definition) is 4. The highest BCUT2D eigenvalue weighted by Gasteiger charge is 2.17. The van der Waals surface area contributed by atoms with E-state index in [1.807, 2.05) is 0 Å². The molecule has 0 fully saturated rings. The zero-order valence-electron chi connectivity index (χ0n) is 9.42. The maximum absolute atomic E-state index is 11.1. The van der Waals surface area contributed by atoms with Gasteiger partial charge in [-0.15, -0.1) is 0 Å². The average Bonchev–Trinajstić information content (AvgIpc) is 2.71. The van der Waals surface area contributed by atoms with Crippen LogP contribution in [0.2, 0.25) is 0 Å². The molecule has 0 amide bonds. The maximum atomic E-state index is 11.1. The number of rotatable bonds is 5. The first-order valence-electron chi connectivity index (χ1n) is 5.21. The fraction of sp³-hybridized carbons (Fsp3) is 0.417. The van der Waals surface area contributed by atoms with Crippen LogP contribution in [0.1, 0.15) is 25.5 Å². The minimum absolute atomic E-state index is 0.334. The summed E-state index contributed by atoms with van der Waals surface area (Å²) in [5, 5.41) is 9.56. The predicted molar refractivity (Wildman–Crippen MR) is 58.9 cm³/mol. The smallest absolute Gasteiger partial charge is 0.330 e. The van der Waals surface area contributed by atoms with Crippen LogP contribution in [-0.4, -0.2) is 23.8 Å². The third-order valence-electron chi connectivity index (χ3n) is 2.12. The van der Waals surface area contributed by atoms with Gasteiger partial charge in [0.15, 0.2) is 0 Å². The molecule has 1 heterocycles. The van der Waals surface area contributed by atoms with Gasteiger partial charge in [-0.1, -0.05) is 6.08 Å². The molecule has 4 nitrogen and oxygen atoms in total. The van der Waals surface area contributed by atoms with Gasteiger partial charge in [-0.05, 0) is 26.0 Å². The van der Waals surface area contributed by atoms with Crippen molar-refractivity contribution in [2.45, 2.75) is 25.9 Å². The molecule has 1 aromatic heterocycles. The average molecular weight is 224 g/mol. The molecule has 2 atom stereocenters. The second-order valence-corrected chi connectivity index (χ2v) is 3.39. The van der Waals surface area contributed by atoms with Crippen LogP contribution in [0.5, 0.6) is 0 Å². The lowest BCUT2D eigenvalue weighted by Gasteiger charge is -2.12. The summed E-state index contributed by atoms with van der Waals surface area (Å²) in [6, 6.07) is 3.50. The lowest BCUT2D eigenvalue weighted by molar-refractivity contribution is -0.137. The van der Waals surface area contributed by atoms with Crippen molar-refractivity contribution in [2.75, 3.05) is 6.61 Å². The molecule has 0 bridgehead atoms. The third kappa shape index (κ3) is 3.55. The molecular weight excluding hydrogens is 208 g/mol. The van der Waals surface area contributed by atoms with E-state index in [0.717, 1.165) is 0 Å². The van der Waals surface area contributed by atoms with Crippen molar-refractivity contribution < 1.29 is 19.1 Å². The Bertz CT molecular complexity index is 338. The standard InChI is InChI=1S/C12H16O4/c1-3-15-12(14)7-6-10(9(2)13)11-5-4-8-16-11/h4-10,13H,3H2,1-2H3/b7-6+. The summed E-state index contributed by atoms with van der Waals surface area (Å²) in [7, 11) is 0. The van der Waals surface area contributed by atoms with Gasteiger partial charge >= 0.3 is 5.97 Å². The Balaban J connectivity index is 2.70. The number of aliphatic hydroxyl groups is 1. The molecule has 2 unspecified atom stereocenters. The summed E-state index contributed by atoms with van der Waals surface area (Å²) in [5.41, 5.74) is 0. The molecule has 1 aromatic rings. The number of ether oxygens (including phenoxy) is 1. The van der Waals surface area contributed by atoms with Crippen molar-refractivity contribution in [1.82, 2.24) is 0 Å². The van der Waals surface area contributed by atoms with Crippen molar-refractivity contribution in [1.29, 1.82) is 0 Å². The lowest BCUT2D eigenvalue weighted by Crippen LogP contribution is -2.12. The first-order chi connectivity index (χ1) is 7.65. The van der Waals surface area contributed by atoms with E-state index in [0.29, 0.717) is 12.4 Å². The van der Waals surface area contributed by atoms with Gasteiger partial charge in [0.2, 0.25) is 0 Å². The molecule has 4 heteroatoms. The molecule has 0 aliphatic carbocycles. The Morgan fingerprint density at radius 2 is 2.44 bits per heavy atom. The van der Waals surface area contributed by atoms with Crippen molar-refractivity contribution in [3.05, 3.63) is 36.3 Å². The first kappa shape index (κ1) is 12.5. The lowest BCUT2D eigenvalue weighted by atomic mass is 10.0. The second kappa shape index (κ2) is 6.12. The fourth-order valence-corrected chi connectivity index (χ4v) is 1.35. The topological polar surface area (TPSA) is 59.7 Å². The highest BCUT2D eigenvalue weighted by atomic mass is 16.5. The van der Waals surface area contributed by atoms with Crippen LogP contribution >= 0.6 is 0 Å². The molecule has 88 valence electrons. The van der Waals surface area contributed by atoms with Crippen molar-refractivity contribution >= 4 is 5.97 Å². The normalized spacial score (nSPS) is 14.9. The van der Waals surface area contributed by atoms with Crippen LogP contribution in [-0.2, 0) is 9.53 Å². The van der Waals surface area contributed by atoms with Crippen molar-refractivity contribution in [3.8, 4) is 0 Å². The summed E-state index contributed by atoms with van der Waals surface area (Å²) < 4.78 is 9.94. The van der Waals surface area contributed by atoms with Gasteiger partial charge in [0.1, 0.15) is 5.76 Å². The minimum atomic E-state index is -0.628. The Morgan fingerprint density at radius 3 is 2.94 bits per heavy atom. The monoisotopic (exact) mass is 224 g/mol. The van der Waals surface area contributed by atoms with Gasteiger partial charge in [0, 0.05) is 6.08 Å². The summed E-state index contributed by atoms with van der Waals surface area (Å²) in [6.07, 6.45) is 3.80. The molecule has 0 aliphatic rings. The molecule has 1 N–H and O–H groups in total. The summed E-state index contributed by atoms with van der Waals surface area (Å²) >= 11 is 0. The molecule has 1 rings (SSSR count). The SMILES string of the molecule is CCOC(=O)/C=C/C(c1ccco1)C(C)O. The summed E-state index contributed by atoms with van der Waals surface area (Å²) in [5.74, 6) is -0.130. The molecule has 0 aliphatic heterocycles. The van der Waals surface area contributed by atoms with Gasteiger partial charge in [-0.25, -0.2) is 4.79 Å². The van der Waals surface area contributed by atoms with Gasteiger partial charge < -0.3 is 14.3 Å². The minimum Gasteiger partial charge on any atom is -0.469 e. The van der Waals surface area contributed by atoms with E-state index >= 15 is 0 Å². The third-order valence-corrected chi connectivity index (χ3v) is 2.12. The van der Waals surface area contributed by atoms with E-state index in [2.05, 4.69) is 0 Å². The Morgan fingerprint density at radius 1 is 1.69 bits per heavy atom. The summed E-state index contributed by atoms with van der Waals surface area (Å²) in [6.45, 7) is 3.72. The number of furan rings is 1. The first-order valence-corrected chi connectivity index (χ1v) is 5.21. The van der Waals surface area contributed by atoms with Crippen LogP contribution < -0.4 is 0 Å². The van der Waals surface area contributed by atoms with E-state index in [1.165, 1.54) is 12.3 Å². The van der Waals surface area contributed by atoms with Crippen molar-refractivity contribution in [2.24, 2.45) is 0 Å². The number of carbonyl (C=O) groups is 1. The number of aliphatic hydroxyl groups excluding tert-OH is 1. The van der Waals surface area contributed by atoms with Crippen LogP contribution in [0.25, 0.3) is 0 Å². The van der Waals surface area contributed by atoms with Gasteiger partial charge in [-0.2, -0.15) is 0 Å². The van der Waals surface area contributed by atoms with E-state index in [1.54, 1.807) is 32.1 Å². The van der Waals surface area contributed by atoms with Gasteiger partial charge in [0.05, 0.1) is 24.9 Å². The number of carbonyl (C=O) groups excluding carboxylic acids is 1. The van der Waals surface area contributed by atoms with Crippen LogP contribution in [0.15, 0.2) is 35.0 Å². The predicted octanol–water partition coefficient (Wildman–Crippen LogP) is 1.86. The molecular formula is C12H16O4. The molecule has 0 spiro atoms. The van der Waals surface area contributed by atoms with Crippen LogP contribution in [0.4, 0.5) is 0 Å². The zero-order valence-corrected chi connectivity index (χ0v) is 9.42. The highest BCUT2D eigenvalue weighted by molar-refractivity contribution is 5.82. The van der Waals surface area contributed by atoms with Gasteiger partial charge in [0.25, 0.3) is 0 Å². The highest BCUT2D eigenvalue weighted by Crippen LogP contribution is 2.21. The number of hydrogen-bond donors (Lipinski definition) is 1. The van der Waals surface area contributed by atoms with Crippen LogP contribution in [0, 0.1) is 0 Å². The Kier molecular flexibility index (Phi) is 4.79. The summed E-state index contributed by atoms with van der Waals surface area (Å²) in [4.78, 5) is 11.1. The van der Waals surface area contributed by atoms with E-state index in [4.69, 9.17) is 9.15 Å². The molecule has 0 aromatic carbocycles. The van der Waals surface area contributed by atoms with Crippen LogP contribution in [0.3, 0.4) is 0 Å². The molecule has 0 saturated heterocycles. The zero-order chi connectivity index (χ0) is 12.0. The quantitative estimate of drug-likeness (QED) is 0.612. The largest absolute Gasteiger partial charge is 0.469 e. The number of esters is 1.